The van der Waals surface area contributed by atoms with Gasteiger partial charge in [0.1, 0.15) is 5.82 Å². The summed E-state index contributed by atoms with van der Waals surface area (Å²) in [5.74, 6) is -0.528. The number of hydrogen-bond acceptors (Lipinski definition) is 4. The number of anilines is 2. The Balaban J connectivity index is 1.34. The van der Waals surface area contributed by atoms with E-state index < -0.39 is 0 Å². The van der Waals surface area contributed by atoms with E-state index >= 15 is 0 Å². The largest absolute Gasteiger partial charge is 0.382 e. The summed E-state index contributed by atoms with van der Waals surface area (Å²) in [5, 5.41) is 6.76. The fourth-order valence-corrected chi connectivity index (χ4v) is 5.69. The number of hydrogen-bond donors (Lipinski definition) is 2. The molecule has 2 aliphatic heterocycles. The second kappa shape index (κ2) is 10.7. The van der Waals surface area contributed by atoms with Gasteiger partial charge in [-0.1, -0.05) is 17.7 Å². The lowest BCUT2D eigenvalue weighted by Crippen LogP contribution is -2.49. The molecule has 1 aromatic heterocycles. The third kappa shape index (κ3) is 5.67. The molecule has 2 saturated heterocycles. The molecule has 0 aliphatic carbocycles. The first-order chi connectivity index (χ1) is 17.9. The number of carbonyl (C=O) groups is 2. The summed E-state index contributed by atoms with van der Waals surface area (Å²) in [6, 6.07) is 16.0. The van der Waals surface area contributed by atoms with Crippen molar-refractivity contribution in [1.82, 2.24) is 9.88 Å². The highest BCUT2D eigenvalue weighted by atomic mass is 35.5. The molecule has 2 bridgehead atoms. The number of nitrogens with zero attached hydrogens (tertiary/aromatic N) is 2. The van der Waals surface area contributed by atoms with Gasteiger partial charge in [-0.2, -0.15) is 0 Å². The Bertz CT molecular complexity index is 1320. The Morgan fingerprint density at radius 2 is 1.81 bits per heavy atom. The van der Waals surface area contributed by atoms with Crippen LogP contribution < -0.4 is 10.6 Å². The number of fused-ring (bicyclic) bond motifs is 2. The SMILES string of the molecule is CC(=O)Nc1cc(Cl)c(-c2ccccn2)cc1C=CC(=O)N1[C@@H]2CC[C@H]1CC(Nc1ccc(F)cc1)C2. The molecule has 5 rings (SSSR count). The summed E-state index contributed by atoms with van der Waals surface area (Å²) in [7, 11) is 0. The zero-order valence-electron chi connectivity index (χ0n) is 20.5. The van der Waals surface area contributed by atoms with Crippen LogP contribution in [0.5, 0.6) is 0 Å². The molecule has 0 saturated carbocycles. The van der Waals surface area contributed by atoms with Gasteiger partial charge in [0.15, 0.2) is 0 Å². The van der Waals surface area contributed by atoms with Crippen LogP contribution in [0.3, 0.4) is 0 Å². The van der Waals surface area contributed by atoms with Crippen molar-refractivity contribution in [3.8, 4) is 11.3 Å². The zero-order valence-corrected chi connectivity index (χ0v) is 21.2. The first kappa shape index (κ1) is 25.0. The number of rotatable bonds is 6. The van der Waals surface area contributed by atoms with Gasteiger partial charge in [-0.25, -0.2) is 4.39 Å². The van der Waals surface area contributed by atoms with Gasteiger partial charge in [0.25, 0.3) is 0 Å². The number of piperidine rings is 1. The summed E-state index contributed by atoms with van der Waals surface area (Å²) in [4.78, 5) is 31.5. The molecule has 2 fully saturated rings. The maximum atomic E-state index is 13.3. The van der Waals surface area contributed by atoms with Crippen LogP contribution in [0.2, 0.25) is 5.02 Å². The van der Waals surface area contributed by atoms with Gasteiger partial charge in [0.2, 0.25) is 11.8 Å². The molecule has 190 valence electrons. The van der Waals surface area contributed by atoms with Crippen molar-refractivity contribution in [2.45, 2.75) is 50.7 Å². The quantitative estimate of drug-likeness (QED) is 0.384. The lowest BCUT2D eigenvalue weighted by Gasteiger charge is -2.39. The minimum absolute atomic E-state index is 0.0455. The van der Waals surface area contributed by atoms with Crippen LogP contribution in [-0.4, -0.2) is 39.8 Å². The van der Waals surface area contributed by atoms with Crippen molar-refractivity contribution in [1.29, 1.82) is 0 Å². The van der Waals surface area contributed by atoms with E-state index in [1.807, 2.05) is 29.2 Å². The van der Waals surface area contributed by atoms with E-state index in [1.165, 1.54) is 19.1 Å². The maximum Gasteiger partial charge on any atom is 0.247 e. The lowest BCUT2D eigenvalue weighted by molar-refractivity contribution is -0.130. The highest BCUT2D eigenvalue weighted by Crippen LogP contribution is 2.38. The molecule has 2 aliphatic rings. The fraction of sp³-hybridized carbons (Fsp3) is 0.276. The van der Waals surface area contributed by atoms with Crippen molar-refractivity contribution in [2.75, 3.05) is 10.6 Å². The minimum Gasteiger partial charge on any atom is -0.382 e. The van der Waals surface area contributed by atoms with E-state index in [0.29, 0.717) is 22.0 Å². The first-order valence-electron chi connectivity index (χ1n) is 12.4. The zero-order chi connectivity index (χ0) is 25.9. The molecular formula is C29H28ClFN4O2. The second-order valence-electron chi connectivity index (χ2n) is 9.60. The van der Waals surface area contributed by atoms with Crippen molar-refractivity contribution < 1.29 is 14.0 Å². The van der Waals surface area contributed by atoms with Crippen molar-refractivity contribution >= 4 is 40.9 Å². The molecular weight excluding hydrogens is 491 g/mol. The van der Waals surface area contributed by atoms with Crippen molar-refractivity contribution in [3.63, 3.8) is 0 Å². The van der Waals surface area contributed by atoms with E-state index in [4.69, 9.17) is 11.6 Å². The van der Waals surface area contributed by atoms with Crippen LogP contribution in [-0.2, 0) is 9.59 Å². The summed E-state index contributed by atoms with van der Waals surface area (Å²) in [6.07, 6.45) is 8.62. The van der Waals surface area contributed by atoms with Crippen LogP contribution in [0.15, 0.2) is 66.9 Å². The predicted molar refractivity (Wildman–Crippen MR) is 145 cm³/mol. The third-order valence-electron chi connectivity index (χ3n) is 7.00. The number of pyridine rings is 1. The van der Waals surface area contributed by atoms with Gasteiger partial charge in [-0.05, 0) is 85.9 Å². The first-order valence-corrected chi connectivity index (χ1v) is 12.8. The van der Waals surface area contributed by atoms with E-state index in [2.05, 4.69) is 15.6 Å². The second-order valence-corrected chi connectivity index (χ2v) is 10.0. The topological polar surface area (TPSA) is 74.3 Å². The van der Waals surface area contributed by atoms with E-state index in [9.17, 15) is 14.0 Å². The third-order valence-corrected chi connectivity index (χ3v) is 7.31. The Hall–Kier alpha value is -3.71. The van der Waals surface area contributed by atoms with Crippen LogP contribution in [0.1, 0.15) is 38.2 Å². The Labute approximate surface area is 220 Å². The summed E-state index contributed by atoms with van der Waals surface area (Å²) in [6.45, 7) is 1.43. The molecule has 6 nitrogen and oxygen atoms in total. The van der Waals surface area contributed by atoms with Gasteiger partial charge in [0, 0.05) is 54.3 Å². The molecule has 1 unspecified atom stereocenters. The van der Waals surface area contributed by atoms with Crippen LogP contribution in [0.4, 0.5) is 15.8 Å². The highest BCUT2D eigenvalue weighted by molar-refractivity contribution is 6.33. The Morgan fingerprint density at radius 1 is 1.08 bits per heavy atom. The Morgan fingerprint density at radius 3 is 2.46 bits per heavy atom. The molecule has 2 aromatic carbocycles. The number of halogens is 2. The maximum absolute atomic E-state index is 13.3. The van der Waals surface area contributed by atoms with E-state index in [0.717, 1.165) is 36.9 Å². The van der Waals surface area contributed by atoms with Gasteiger partial charge >= 0.3 is 0 Å². The summed E-state index contributed by atoms with van der Waals surface area (Å²) < 4.78 is 13.2. The minimum atomic E-state index is -0.257. The van der Waals surface area contributed by atoms with E-state index in [-0.39, 0.29) is 35.8 Å². The molecule has 2 N–H and O–H groups in total. The van der Waals surface area contributed by atoms with Crippen molar-refractivity contribution in [2.24, 2.45) is 0 Å². The normalized spacial score (nSPS) is 20.7. The Kier molecular flexibility index (Phi) is 7.24. The molecule has 3 atom stereocenters. The molecule has 3 aromatic rings. The van der Waals surface area contributed by atoms with Crippen LogP contribution in [0.25, 0.3) is 17.3 Å². The molecule has 8 heteroatoms. The fourth-order valence-electron chi connectivity index (χ4n) is 5.43. The number of nitrogens with one attached hydrogen (secondary N) is 2. The average Bonchev–Trinajstić information content (AvgIpc) is 3.15. The molecule has 3 heterocycles. The predicted octanol–water partition coefficient (Wildman–Crippen LogP) is 6.15. The number of carbonyl (C=O) groups excluding carboxylic acids is 2. The molecule has 37 heavy (non-hydrogen) atoms. The summed E-state index contributed by atoms with van der Waals surface area (Å²) in [5.41, 5.74) is 3.52. The highest BCUT2D eigenvalue weighted by Gasteiger charge is 2.42. The average molecular weight is 519 g/mol. The van der Waals surface area contributed by atoms with Gasteiger partial charge in [-0.15, -0.1) is 0 Å². The standard InChI is InChI=1S/C29H28ClFN4O2/c1-18(36)33-28-17-26(30)25(27-4-2-3-13-32-27)14-19(28)5-12-29(37)35-23-10-11-24(35)16-22(15-23)34-21-8-6-20(31)7-9-21/h2-9,12-14,17,22-24,34H,10-11,15-16H2,1H3,(H,33,36)/t22?,23-,24+. The van der Waals surface area contributed by atoms with Gasteiger partial charge < -0.3 is 15.5 Å². The smallest absolute Gasteiger partial charge is 0.247 e. The molecule has 2 amide bonds. The lowest BCUT2D eigenvalue weighted by atomic mass is 9.96. The monoisotopic (exact) mass is 518 g/mol. The number of benzene rings is 2. The number of amides is 2. The number of aromatic nitrogens is 1. The summed E-state index contributed by atoms with van der Waals surface area (Å²) >= 11 is 6.51. The molecule has 0 spiro atoms. The van der Waals surface area contributed by atoms with Crippen LogP contribution in [0, 0.1) is 5.82 Å². The van der Waals surface area contributed by atoms with Crippen LogP contribution >= 0.6 is 11.6 Å². The van der Waals surface area contributed by atoms with Gasteiger partial charge in [-0.3, -0.25) is 14.6 Å². The van der Waals surface area contributed by atoms with Gasteiger partial charge in [0.05, 0.1) is 10.7 Å². The van der Waals surface area contributed by atoms with E-state index in [1.54, 1.807) is 36.5 Å². The molecule has 0 radical (unpaired) electrons. The van der Waals surface area contributed by atoms with Crippen molar-refractivity contribution in [3.05, 3.63) is 83.3 Å².